The van der Waals surface area contributed by atoms with Gasteiger partial charge in [0.2, 0.25) is 11.9 Å². The van der Waals surface area contributed by atoms with Crippen LogP contribution in [0.15, 0.2) is 48.8 Å². The Morgan fingerprint density at radius 3 is 2.67 bits per heavy atom. The molecule has 0 saturated carbocycles. The van der Waals surface area contributed by atoms with Crippen LogP contribution in [0.5, 0.6) is 0 Å². The molecule has 3 heterocycles. The number of benzene rings is 1. The highest BCUT2D eigenvalue weighted by atomic mass is 32.1. The Morgan fingerprint density at radius 1 is 1.18 bits per heavy atom. The molecule has 1 aliphatic heterocycles. The lowest BCUT2D eigenvalue weighted by molar-refractivity contribution is -0.122. The van der Waals surface area contributed by atoms with Gasteiger partial charge in [-0.2, -0.15) is 0 Å². The second-order valence-corrected chi connectivity index (χ2v) is 8.85. The van der Waals surface area contributed by atoms with Gasteiger partial charge in [-0.1, -0.05) is 41.7 Å². The van der Waals surface area contributed by atoms with Crippen molar-refractivity contribution >= 4 is 34.3 Å². The van der Waals surface area contributed by atoms with Crippen LogP contribution in [0.2, 0.25) is 0 Å². The molecule has 8 nitrogen and oxygen atoms in total. The van der Waals surface area contributed by atoms with Gasteiger partial charge in [0.1, 0.15) is 4.88 Å². The summed E-state index contributed by atoms with van der Waals surface area (Å²) < 4.78 is 5.17. The molecule has 1 aliphatic rings. The van der Waals surface area contributed by atoms with Crippen LogP contribution in [0.25, 0.3) is 0 Å². The predicted molar refractivity (Wildman–Crippen MR) is 127 cm³/mol. The molecule has 1 amide bonds. The van der Waals surface area contributed by atoms with E-state index in [-0.39, 0.29) is 18.4 Å². The molecular formula is C24H27N5O3S. The molecule has 1 unspecified atom stereocenters. The SMILES string of the molecule is CCOC(=O)c1sc(N(Cc2ccccc2)C(=O)C2CCCN(c3ncccn3)C2)nc1C. The van der Waals surface area contributed by atoms with Crippen molar-refractivity contribution in [2.24, 2.45) is 5.92 Å². The second kappa shape index (κ2) is 10.5. The molecule has 33 heavy (non-hydrogen) atoms. The molecular weight excluding hydrogens is 438 g/mol. The van der Waals surface area contributed by atoms with E-state index in [1.165, 1.54) is 11.3 Å². The number of rotatable bonds is 7. The van der Waals surface area contributed by atoms with Gasteiger partial charge in [0.25, 0.3) is 0 Å². The van der Waals surface area contributed by atoms with E-state index in [1.807, 2.05) is 30.3 Å². The zero-order valence-corrected chi connectivity index (χ0v) is 19.6. The van der Waals surface area contributed by atoms with Gasteiger partial charge in [-0.15, -0.1) is 0 Å². The van der Waals surface area contributed by atoms with Gasteiger partial charge < -0.3 is 9.64 Å². The summed E-state index contributed by atoms with van der Waals surface area (Å²) in [7, 11) is 0. The number of carbonyl (C=O) groups is 2. The number of hydrogen-bond acceptors (Lipinski definition) is 8. The molecule has 1 atom stereocenters. The van der Waals surface area contributed by atoms with Crippen molar-refractivity contribution < 1.29 is 14.3 Å². The molecule has 2 aromatic heterocycles. The van der Waals surface area contributed by atoms with Crippen molar-refractivity contribution in [3.8, 4) is 0 Å². The van der Waals surface area contributed by atoms with E-state index in [9.17, 15) is 9.59 Å². The van der Waals surface area contributed by atoms with Crippen LogP contribution in [0.1, 0.15) is 40.7 Å². The summed E-state index contributed by atoms with van der Waals surface area (Å²) in [5.41, 5.74) is 1.57. The van der Waals surface area contributed by atoms with Crippen molar-refractivity contribution in [3.05, 3.63) is 64.9 Å². The summed E-state index contributed by atoms with van der Waals surface area (Å²) in [4.78, 5) is 43.6. The lowest BCUT2D eigenvalue weighted by Gasteiger charge is -2.34. The number of anilines is 2. The molecule has 0 aliphatic carbocycles. The van der Waals surface area contributed by atoms with Gasteiger partial charge in [0.15, 0.2) is 5.13 Å². The first-order valence-electron chi connectivity index (χ1n) is 11.1. The summed E-state index contributed by atoms with van der Waals surface area (Å²) in [6.45, 7) is 5.57. The Labute approximate surface area is 197 Å². The van der Waals surface area contributed by atoms with Crippen LogP contribution in [-0.4, -0.2) is 46.5 Å². The standard InChI is InChI=1S/C24H27N5O3S/c1-3-32-22(31)20-17(2)27-24(33-20)29(15-18-9-5-4-6-10-18)21(30)19-11-7-14-28(16-19)23-25-12-8-13-26-23/h4-6,8-10,12-13,19H,3,7,11,14-16H2,1-2H3. The Morgan fingerprint density at radius 2 is 1.94 bits per heavy atom. The van der Waals surface area contributed by atoms with Gasteiger partial charge in [-0.05, 0) is 38.3 Å². The molecule has 0 bridgehead atoms. The highest BCUT2D eigenvalue weighted by Gasteiger charge is 2.33. The zero-order chi connectivity index (χ0) is 23.2. The molecule has 0 radical (unpaired) electrons. The predicted octanol–water partition coefficient (Wildman–Crippen LogP) is 3.87. The molecule has 1 fully saturated rings. The van der Waals surface area contributed by atoms with Gasteiger partial charge in [0, 0.05) is 25.5 Å². The summed E-state index contributed by atoms with van der Waals surface area (Å²) >= 11 is 1.21. The van der Waals surface area contributed by atoms with Crippen molar-refractivity contribution in [2.45, 2.75) is 33.2 Å². The molecule has 4 rings (SSSR count). The van der Waals surface area contributed by atoms with Crippen molar-refractivity contribution in [1.29, 1.82) is 0 Å². The third kappa shape index (κ3) is 5.36. The lowest BCUT2D eigenvalue weighted by Crippen LogP contribution is -2.45. The highest BCUT2D eigenvalue weighted by Crippen LogP contribution is 2.31. The number of carbonyl (C=O) groups excluding carboxylic acids is 2. The monoisotopic (exact) mass is 465 g/mol. The fourth-order valence-electron chi connectivity index (χ4n) is 3.92. The average molecular weight is 466 g/mol. The van der Waals surface area contributed by atoms with Crippen LogP contribution in [0.3, 0.4) is 0 Å². The topological polar surface area (TPSA) is 88.5 Å². The maximum atomic E-state index is 13.8. The number of aryl methyl sites for hydroxylation is 1. The summed E-state index contributed by atoms with van der Waals surface area (Å²) in [6.07, 6.45) is 5.08. The second-order valence-electron chi connectivity index (χ2n) is 7.88. The fraction of sp³-hybridized carbons (Fsp3) is 0.375. The number of thiazole rings is 1. The number of esters is 1. The van der Waals surface area contributed by atoms with Crippen LogP contribution in [-0.2, 0) is 16.1 Å². The lowest BCUT2D eigenvalue weighted by atomic mass is 9.96. The first-order valence-corrected chi connectivity index (χ1v) is 11.9. The molecule has 1 saturated heterocycles. The molecule has 0 spiro atoms. The van der Waals surface area contributed by atoms with E-state index in [0.29, 0.717) is 34.7 Å². The highest BCUT2D eigenvalue weighted by molar-refractivity contribution is 7.17. The van der Waals surface area contributed by atoms with Crippen molar-refractivity contribution in [3.63, 3.8) is 0 Å². The number of piperidine rings is 1. The van der Waals surface area contributed by atoms with E-state index in [4.69, 9.17) is 4.74 Å². The summed E-state index contributed by atoms with van der Waals surface area (Å²) in [5, 5.41) is 0.512. The van der Waals surface area contributed by atoms with Gasteiger partial charge in [-0.3, -0.25) is 9.69 Å². The minimum Gasteiger partial charge on any atom is -0.462 e. The third-order valence-electron chi connectivity index (χ3n) is 5.53. The number of ether oxygens (including phenoxy) is 1. The van der Waals surface area contributed by atoms with Gasteiger partial charge in [-0.25, -0.2) is 19.7 Å². The molecule has 0 N–H and O–H groups in total. The summed E-state index contributed by atoms with van der Waals surface area (Å²) in [6, 6.07) is 11.6. The number of nitrogens with zero attached hydrogens (tertiary/aromatic N) is 5. The smallest absolute Gasteiger partial charge is 0.350 e. The maximum Gasteiger partial charge on any atom is 0.350 e. The molecule has 172 valence electrons. The fourth-order valence-corrected chi connectivity index (χ4v) is 4.89. The Balaban J connectivity index is 1.61. The van der Waals surface area contributed by atoms with Crippen molar-refractivity contribution in [1.82, 2.24) is 15.0 Å². The normalized spacial score (nSPS) is 15.8. The van der Waals surface area contributed by atoms with Gasteiger partial charge >= 0.3 is 5.97 Å². The maximum absolute atomic E-state index is 13.8. The van der Waals surface area contributed by atoms with E-state index in [1.54, 1.807) is 37.2 Å². The quantitative estimate of drug-likeness (QED) is 0.490. The van der Waals surface area contributed by atoms with E-state index in [0.717, 1.165) is 24.9 Å². The van der Waals surface area contributed by atoms with Crippen molar-refractivity contribution in [2.75, 3.05) is 29.5 Å². The molecule has 1 aromatic carbocycles. The van der Waals surface area contributed by atoms with E-state index < -0.39 is 5.97 Å². The number of hydrogen-bond donors (Lipinski definition) is 0. The first-order chi connectivity index (χ1) is 16.1. The Bertz CT molecular complexity index is 1090. The third-order valence-corrected chi connectivity index (χ3v) is 6.69. The number of amides is 1. The Kier molecular flexibility index (Phi) is 7.29. The minimum atomic E-state index is -0.407. The van der Waals surface area contributed by atoms with E-state index in [2.05, 4.69) is 19.9 Å². The average Bonchev–Trinajstić information content (AvgIpc) is 3.25. The van der Waals surface area contributed by atoms with Gasteiger partial charge in [0.05, 0.1) is 24.8 Å². The van der Waals surface area contributed by atoms with Crippen LogP contribution < -0.4 is 9.80 Å². The molecule has 3 aromatic rings. The van der Waals surface area contributed by atoms with Crippen LogP contribution >= 0.6 is 11.3 Å². The minimum absolute atomic E-state index is 0.0105. The summed E-state index contributed by atoms with van der Waals surface area (Å²) in [5.74, 6) is 0.000360. The zero-order valence-electron chi connectivity index (χ0n) is 18.8. The van der Waals surface area contributed by atoms with Crippen LogP contribution in [0.4, 0.5) is 11.1 Å². The number of aromatic nitrogens is 3. The first kappa shape index (κ1) is 22.8. The largest absolute Gasteiger partial charge is 0.462 e. The Hall–Kier alpha value is -3.33. The van der Waals surface area contributed by atoms with E-state index >= 15 is 0 Å². The molecule has 9 heteroatoms. The van der Waals surface area contributed by atoms with Crippen LogP contribution in [0, 0.1) is 12.8 Å².